The van der Waals surface area contributed by atoms with Gasteiger partial charge in [0.05, 0.1) is 25.5 Å². The van der Waals surface area contributed by atoms with Gasteiger partial charge >= 0.3 is 0 Å². The summed E-state index contributed by atoms with van der Waals surface area (Å²) >= 11 is 7.25. The molecular formula is C19H19ClN6O3S. The molecule has 1 fully saturated rings. The van der Waals surface area contributed by atoms with E-state index < -0.39 is 0 Å². The molecule has 0 saturated carbocycles. The van der Waals surface area contributed by atoms with Crippen molar-refractivity contribution >= 4 is 34.0 Å². The number of pyridine rings is 2. The highest BCUT2D eigenvalue weighted by molar-refractivity contribution is 7.17. The number of carbonyl (C=O) groups excluding carboxylic acids is 1. The quantitative estimate of drug-likeness (QED) is 0.533. The Kier molecular flexibility index (Phi) is 6.07. The number of ether oxygens (including phenoxy) is 2. The highest BCUT2D eigenvalue weighted by Gasteiger charge is 2.21. The fourth-order valence-corrected chi connectivity index (χ4v) is 3.65. The Morgan fingerprint density at radius 1 is 1.27 bits per heavy atom. The van der Waals surface area contributed by atoms with Crippen LogP contribution in [0.4, 0.5) is 5.13 Å². The summed E-state index contributed by atoms with van der Waals surface area (Å²) in [5.74, 6) is 0.602. The second-order valence-electron chi connectivity index (χ2n) is 6.74. The van der Waals surface area contributed by atoms with Crippen molar-refractivity contribution in [3.8, 4) is 22.1 Å². The van der Waals surface area contributed by atoms with Gasteiger partial charge in [-0.3, -0.25) is 15.1 Å². The summed E-state index contributed by atoms with van der Waals surface area (Å²) in [4.78, 5) is 21.3. The summed E-state index contributed by atoms with van der Waals surface area (Å²) < 4.78 is 11.0. The maximum absolute atomic E-state index is 13.0. The van der Waals surface area contributed by atoms with E-state index in [-0.39, 0.29) is 5.91 Å². The molecule has 4 heterocycles. The van der Waals surface area contributed by atoms with E-state index in [1.165, 1.54) is 30.8 Å². The van der Waals surface area contributed by atoms with Crippen LogP contribution in [0.15, 0.2) is 24.5 Å². The van der Waals surface area contributed by atoms with Crippen molar-refractivity contribution in [3.05, 3.63) is 40.9 Å². The van der Waals surface area contributed by atoms with Crippen LogP contribution in [-0.2, 0) is 0 Å². The molecule has 1 saturated heterocycles. The minimum atomic E-state index is -0.376. The van der Waals surface area contributed by atoms with Gasteiger partial charge in [0.2, 0.25) is 5.13 Å². The molecule has 0 unspecified atom stereocenters. The van der Waals surface area contributed by atoms with Gasteiger partial charge in [-0.15, -0.1) is 5.10 Å². The minimum Gasteiger partial charge on any atom is -0.494 e. The summed E-state index contributed by atoms with van der Waals surface area (Å²) in [6, 6.07) is 3.45. The van der Waals surface area contributed by atoms with Crippen LogP contribution in [0.25, 0.3) is 11.1 Å². The van der Waals surface area contributed by atoms with Gasteiger partial charge in [-0.05, 0) is 30.4 Å². The van der Waals surface area contributed by atoms with Gasteiger partial charge in [0.25, 0.3) is 11.1 Å². The predicted molar refractivity (Wildman–Crippen MR) is 113 cm³/mol. The van der Waals surface area contributed by atoms with Crippen LogP contribution in [0.2, 0.25) is 5.15 Å². The third-order valence-electron chi connectivity index (χ3n) is 4.56. The lowest BCUT2D eigenvalue weighted by Crippen LogP contribution is -2.45. The first kappa shape index (κ1) is 20.5. The van der Waals surface area contributed by atoms with E-state index in [0.717, 1.165) is 18.8 Å². The molecule has 3 aromatic heterocycles. The smallest absolute Gasteiger partial charge is 0.295 e. The van der Waals surface area contributed by atoms with Crippen LogP contribution >= 0.6 is 22.9 Å². The van der Waals surface area contributed by atoms with Crippen LogP contribution < -0.4 is 20.1 Å². The van der Waals surface area contributed by atoms with Crippen molar-refractivity contribution < 1.29 is 14.3 Å². The normalized spacial score (nSPS) is 13.6. The largest absolute Gasteiger partial charge is 0.494 e. The lowest BCUT2D eigenvalue weighted by Gasteiger charge is -2.25. The summed E-state index contributed by atoms with van der Waals surface area (Å²) in [6.07, 6.45) is 3.02. The maximum atomic E-state index is 13.0. The summed E-state index contributed by atoms with van der Waals surface area (Å²) in [7, 11) is 1.53. The number of rotatable bonds is 7. The van der Waals surface area contributed by atoms with E-state index in [4.69, 9.17) is 21.1 Å². The molecule has 0 aromatic carbocycles. The number of nitrogens with zero attached hydrogens (tertiary/aromatic N) is 4. The Balaban J connectivity index is 1.56. The number of halogens is 1. The van der Waals surface area contributed by atoms with Crippen LogP contribution in [0.1, 0.15) is 16.1 Å². The Morgan fingerprint density at radius 3 is 2.83 bits per heavy atom. The first-order chi connectivity index (χ1) is 14.5. The van der Waals surface area contributed by atoms with Gasteiger partial charge in [0.1, 0.15) is 10.9 Å². The Morgan fingerprint density at radius 2 is 2.10 bits per heavy atom. The van der Waals surface area contributed by atoms with E-state index in [1.807, 2.05) is 6.92 Å². The highest BCUT2D eigenvalue weighted by atomic mass is 35.5. The fourth-order valence-electron chi connectivity index (χ4n) is 2.89. The lowest BCUT2D eigenvalue weighted by molar-refractivity contribution is 0.102. The van der Waals surface area contributed by atoms with Gasteiger partial charge in [0, 0.05) is 42.0 Å². The standard InChI is InChI=1S/C19H19ClN6O3S/c1-10-3-12(13-4-16(20)23-8-15(13)28-2)14(7-22-10)17(27)24-18-25-26-19(30-18)29-9-11-5-21-6-11/h3-4,7-8,11,21H,5-6,9H2,1-2H3,(H,24,25,27). The minimum absolute atomic E-state index is 0.291. The summed E-state index contributed by atoms with van der Waals surface area (Å²) in [6.45, 7) is 4.29. The molecule has 3 aromatic rings. The summed E-state index contributed by atoms with van der Waals surface area (Å²) in [5, 5.41) is 15.0. The van der Waals surface area contributed by atoms with Crippen molar-refractivity contribution in [2.75, 3.05) is 32.1 Å². The van der Waals surface area contributed by atoms with Crippen molar-refractivity contribution in [2.45, 2.75) is 6.92 Å². The van der Waals surface area contributed by atoms with Crippen LogP contribution in [0, 0.1) is 12.8 Å². The molecule has 2 N–H and O–H groups in total. The lowest BCUT2D eigenvalue weighted by atomic mass is 10.0. The average Bonchev–Trinajstić information content (AvgIpc) is 3.13. The molecule has 11 heteroatoms. The molecule has 0 spiro atoms. The number of hydrogen-bond donors (Lipinski definition) is 2. The van der Waals surface area contributed by atoms with Crippen molar-refractivity contribution in [2.24, 2.45) is 5.92 Å². The Bertz CT molecular complexity index is 1070. The first-order valence-corrected chi connectivity index (χ1v) is 10.4. The summed E-state index contributed by atoms with van der Waals surface area (Å²) in [5.41, 5.74) is 2.36. The number of amides is 1. The molecule has 30 heavy (non-hydrogen) atoms. The van der Waals surface area contributed by atoms with Gasteiger partial charge in [-0.25, -0.2) is 4.98 Å². The second-order valence-corrected chi connectivity index (χ2v) is 8.07. The fraction of sp³-hybridized carbons (Fsp3) is 0.316. The van der Waals surface area contributed by atoms with Gasteiger partial charge in [-0.1, -0.05) is 16.7 Å². The molecule has 1 aliphatic rings. The third kappa shape index (κ3) is 4.50. The number of carbonyl (C=O) groups is 1. The Hall–Kier alpha value is -2.82. The second kappa shape index (κ2) is 8.90. The molecule has 0 atom stereocenters. The first-order valence-electron chi connectivity index (χ1n) is 9.18. The zero-order chi connectivity index (χ0) is 21.1. The van der Waals surface area contributed by atoms with Crippen LogP contribution in [-0.4, -0.2) is 52.9 Å². The molecular weight excluding hydrogens is 428 g/mol. The van der Waals surface area contributed by atoms with E-state index >= 15 is 0 Å². The average molecular weight is 447 g/mol. The van der Waals surface area contributed by atoms with E-state index in [1.54, 1.807) is 12.1 Å². The Labute approximate surface area is 181 Å². The van der Waals surface area contributed by atoms with Crippen LogP contribution in [0.3, 0.4) is 0 Å². The molecule has 1 amide bonds. The molecule has 0 bridgehead atoms. The third-order valence-corrected chi connectivity index (χ3v) is 5.52. The van der Waals surface area contributed by atoms with Gasteiger partial charge in [-0.2, -0.15) is 0 Å². The van der Waals surface area contributed by atoms with Crippen molar-refractivity contribution in [1.29, 1.82) is 0 Å². The molecule has 0 radical (unpaired) electrons. The van der Waals surface area contributed by atoms with Crippen molar-refractivity contribution in [3.63, 3.8) is 0 Å². The SMILES string of the molecule is COc1cnc(Cl)cc1-c1cc(C)ncc1C(=O)Nc1nnc(OCC2CNC2)s1. The zero-order valence-electron chi connectivity index (χ0n) is 16.3. The van der Waals surface area contributed by atoms with Gasteiger partial charge in [0.15, 0.2) is 0 Å². The zero-order valence-corrected chi connectivity index (χ0v) is 17.9. The molecule has 4 rings (SSSR count). The number of anilines is 1. The maximum Gasteiger partial charge on any atom is 0.295 e. The molecule has 0 aliphatic carbocycles. The number of nitrogens with one attached hydrogen (secondary N) is 2. The van der Waals surface area contributed by atoms with E-state index in [9.17, 15) is 4.79 Å². The van der Waals surface area contributed by atoms with Gasteiger partial charge < -0.3 is 14.8 Å². The number of hydrogen-bond acceptors (Lipinski definition) is 9. The topological polar surface area (TPSA) is 111 Å². The van der Waals surface area contributed by atoms with Crippen molar-refractivity contribution in [1.82, 2.24) is 25.5 Å². The number of methoxy groups -OCH3 is 1. The monoisotopic (exact) mass is 446 g/mol. The molecule has 9 nitrogen and oxygen atoms in total. The number of aromatic nitrogens is 4. The van der Waals surface area contributed by atoms with E-state index in [0.29, 0.717) is 50.4 Å². The van der Waals surface area contributed by atoms with E-state index in [2.05, 4.69) is 30.8 Å². The molecule has 1 aliphatic heterocycles. The highest BCUT2D eigenvalue weighted by Crippen LogP contribution is 2.34. The van der Waals surface area contributed by atoms with Crippen LogP contribution in [0.5, 0.6) is 10.9 Å². The number of aryl methyl sites for hydroxylation is 1. The molecule has 156 valence electrons. The predicted octanol–water partition coefficient (Wildman–Crippen LogP) is 2.82.